The van der Waals surface area contributed by atoms with Gasteiger partial charge in [0.25, 0.3) is 0 Å². The summed E-state index contributed by atoms with van der Waals surface area (Å²) >= 11 is 0. The van der Waals surface area contributed by atoms with Gasteiger partial charge in [-0.3, -0.25) is 10.2 Å². The SMILES string of the molecule is CCC1(CC)CCN(C(C)CCC(=O)NN)C1. The van der Waals surface area contributed by atoms with Gasteiger partial charge >= 0.3 is 0 Å². The summed E-state index contributed by atoms with van der Waals surface area (Å²) in [5.41, 5.74) is 2.71. The minimum atomic E-state index is -0.0618. The highest BCUT2D eigenvalue weighted by molar-refractivity contribution is 5.75. The number of likely N-dealkylation sites (tertiary alicyclic amines) is 1. The summed E-state index contributed by atoms with van der Waals surface area (Å²) in [6.07, 6.45) is 5.24. The maximum Gasteiger partial charge on any atom is 0.233 e. The molecular formula is C13H27N3O. The zero-order valence-electron chi connectivity index (χ0n) is 11.5. The number of rotatable bonds is 6. The van der Waals surface area contributed by atoms with Gasteiger partial charge in [-0.05, 0) is 44.6 Å². The van der Waals surface area contributed by atoms with Crippen molar-refractivity contribution >= 4 is 5.91 Å². The Kier molecular flexibility index (Phi) is 5.40. The van der Waals surface area contributed by atoms with Crippen LogP contribution in [0.1, 0.15) is 52.9 Å². The highest BCUT2D eigenvalue weighted by atomic mass is 16.2. The number of nitrogens with one attached hydrogen (secondary N) is 1. The highest BCUT2D eigenvalue weighted by Crippen LogP contribution is 2.38. The third-order valence-corrected chi connectivity index (χ3v) is 4.54. The monoisotopic (exact) mass is 241 g/mol. The maximum absolute atomic E-state index is 11.1. The van der Waals surface area contributed by atoms with Crippen molar-refractivity contribution in [3.8, 4) is 0 Å². The number of nitrogens with two attached hydrogens (primary N) is 1. The molecule has 100 valence electrons. The molecule has 1 atom stereocenters. The van der Waals surface area contributed by atoms with Gasteiger partial charge in [0.15, 0.2) is 0 Å². The Balaban J connectivity index is 2.39. The lowest BCUT2D eigenvalue weighted by Gasteiger charge is -2.29. The van der Waals surface area contributed by atoms with Crippen molar-refractivity contribution < 1.29 is 4.79 Å². The van der Waals surface area contributed by atoms with E-state index < -0.39 is 0 Å². The Morgan fingerprint density at radius 1 is 1.47 bits per heavy atom. The first-order chi connectivity index (χ1) is 8.06. The Hall–Kier alpha value is -0.610. The van der Waals surface area contributed by atoms with Gasteiger partial charge in [0.05, 0.1) is 0 Å². The molecule has 1 aliphatic heterocycles. The summed E-state index contributed by atoms with van der Waals surface area (Å²) in [5, 5.41) is 0. The second-order valence-electron chi connectivity index (χ2n) is 5.38. The molecule has 1 saturated heterocycles. The van der Waals surface area contributed by atoms with E-state index in [1.807, 2.05) is 0 Å². The molecule has 4 heteroatoms. The van der Waals surface area contributed by atoms with E-state index in [1.165, 1.54) is 32.4 Å². The Morgan fingerprint density at radius 3 is 2.59 bits per heavy atom. The fourth-order valence-electron chi connectivity index (χ4n) is 2.77. The van der Waals surface area contributed by atoms with Crippen molar-refractivity contribution in [3.63, 3.8) is 0 Å². The van der Waals surface area contributed by atoms with Crippen molar-refractivity contribution in [2.24, 2.45) is 11.3 Å². The molecule has 0 aromatic carbocycles. The number of amides is 1. The van der Waals surface area contributed by atoms with Crippen molar-refractivity contribution in [1.29, 1.82) is 0 Å². The Bertz CT molecular complexity index is 251. The molecule has 1 unspecified atom stereocenters. The largest absolute Gasteiger partial charge is 0.300 e. The minimum Gasteiger partial charge on any atom is -0.300 e. The van der Waals surface area contributed by atoms with Gasteiger partial charge in [-0.25, -0.2) is 5.84 Å². The van der Waals surface area contributed by atoms with E-state index >= 15 is 0 Å². The molecule has 0 saturated carbocycles. The van der Waals surface area contributed by atoms with Crippen molar-refractivity contribution in [3.05, 3.63) is 0 Å². The molecule has 4 nitrogen and oxygen atoms in total. The molecule has 0 aromatic heterocycles. The highest BCUT2D eigenvalue weighted by Gasteiger charge is 2.36. The van der Waals surface area contributed by atoms with Gasteiger partial charge in [0.2, 0.25) is 5.91 Å². The molecule has 0 spiro atoms. The van der Waals surface area contributed by atoms with E-state index in [2.05, 4.69) is 31.1 Å². The average molecular weight is 241 g/mol. The summed E-state index contributed by atoms with van der Waals surface area (Å²) in [6, 6.07) is 0.479. The van der Waals surface area contributed by atoms with Gasteiger partial charge in [0.1, 0.15) is 0 Å². The zero-order valence-corrected chi connectivity index (χ0v) is 11.5. The standard InChI is InChI=1S/C13H27N3O/c1-4-13(5-2)8-9-16(10-13)11(3)6-7-12(17)15-14/h11H,4-10,14H2,1-3H3,(H,15,17). The van der Waals surface area contributed by atoms with E-state index in [4.69, 9.17) is 5.84 Å². The number of carbonyl (C=O) groups is 1. The lowest BCUT2D eigenvalue weighted by Crippen LogP contribution is -2.36. The topological polar surface area (TPSA) is 58.4 Å². The first-order valence-electron chi connectivity index (χ1n) is 6.80. The molecule has 0 radical (unpaired) electrons. The zero-order chi connectivity index (χ0) is 12.9. The van der Waals surface area contributed by atoms with E-state index in [0.717, 1.165) is 6.42 Å². The van der Waals surface area contributed by atoms with Crippen molar-refractivity contribution in [2.45, 2.75) is 58.9 Å². The third-order valence-electron chi connectivity index (χ3n) is 4.54. The van der Waals surface area contributed by atoms with Crippen LogP contribution in [0.3, 0.4) is 0 Å². The van der Waals surface area contributed by atoms with Gasteiger partial charge in [0, 0.05) is 19.0 Å². The van der Waals surface area contributed by atoms with E-state index in [-0.39, 0.29) is 5.91 Å². The number of hydrogen-bond donors (Lipinski definition) is 2. The van der Waals surface area contributed by atoms with Gasteiger partial charge in [-0.1, -0.05) is 13.8 Å². The fraction of sp³-hybridized carbons (Fsp3) is 0.923. The molecule has 0 bridgehead atoms. The molecule has 17 heavy (non-hydrogen) atoms. The van der Waals surface area contributed by atoms with Crippen LogP contribution in [0.5, 0.6) is 0 Å². The van der Waals surface area contributed by atoms with Crippen LogP contribution >= 0.6 is 0 Å². The van der Waals surface area contributed by atoms with Crippen LogP contribution in [-0.4, -0.2) is 29.9 Å². The van der Waals surface area contributed by atoms with E-state index in [9.17, 15) is 4.79 Å². The molecule has 1 aliphatic rings. The van der Waals surface area contributed by atoms with Crippen LogP contribution in [0.4, 0.5) is 0 Å². The molecule has 1 rings (SSSR count). The van der Waals surface area contributed by atoms with Crippen LogP contribution in [0.25, 0.3) is 0 Å². The van der Waals surface area contributed by atoms with Crippen molar-refractivity contribution in [1.82, 2.24) is 10.3 Å². The predicted molar refractivity (Wildman–Crippen MR) is 70.2 cm³/mol. The van der Waals surface area contributed by atoms with E-state index in [1.54, 1.807) is 0 Å². The molecule has 1 fully saturated rings. The number of carbonyl (C=O) groups excluding carboxylic acids is 1. The quantitative estimate of drug-likeness (QED) is 0.422. The molecule has 1 amide bonds. The molecule has 0 aromatic rings. The van der Waals surface area contributed by atoms with E-state index in [0.29, 0.717) is 17.9 Å². The normalized spacial score (nSPS) is 21.4. The Labute approximate surface area is 105 Å². The van der Waals surface area contributed by atoms with Crippen molar-refractivity contribution in [2.75, 3.05) is 13.1 Å². The molecule has 0 aliphatic carbocycles. The summed E-state index contributed by atoms with van der Waals surface area (Å²) in [6.45, 7) is 9.16. The lowest BCUT2D eigenvalue weighted by molar-refractivity contribution is -0.121. The number of hydrazine groups is 1. The third kappa shape index (κ3) is 3.68. The summed E-state index contributed by atoms with van der Waals surface area (Å²) in [4.78, 5) is 13.6. The predicted octanol–water partition coefficient (Wildman–Crippen LogP) is 1.66. The maximum atomic E-state index is 11.1. The molecule has 1 heterocycles. The summed E-state index contributed by atoms with van der Waals surface area (Å²) < 4.78 is 0. The summed E-state index contributed by atoms with van der Waals surface area (Å²) in [5.74, 6) is 5.02. The first kappa shape index (κ1) is 14.5. The summed E-state index contributed by atoms with van der Waals surface area (Å²) in [7, 11) is 0. The number of nitrogens with zero attached hydrogens (tertiary/aromatic N) is 1. The van der Waals surface area contributed by atoms with Crippen LogP contribution in [0.15, 0.2) is 0 Å². The number of hydrogen-bond acceptors (Lipinski definition) is 3. The Morgan fingerprint density at radius 2 is 2.12 bits per heavy atom. The molecule has 3 N–H and O–H groups in total. The average Bonchev–Trinajstić information content (AvgIpc) is 2.80. The second-order valence-corrected chi connectivity index (χ2v) is 5.38. The first-order valence-corrected chi connectivity index (χ1v) is 6.80. The van der Waals surface area contributed by atoms with Gasteiger partial charge < -0.3 is 4.90 Å². The minimum absolute atomic E-state index is 0.0618. The lowest BCUT2D eigenvalue weighted by atomic mass is 9.82. The fourth-order valence-corrected chi connectivity index (χ4v) is 2.77. The van der Waals surface area contributed by atoms with Gasteiger partial charge in [-0.15, -0.1) is 0 Å². The van der Waals surface area contributed by atoms with Crippen LogP contribution in [0.2, 0.25) is 0 Å². The smallest absolute Gasteiger partial charge is 0.233 e. The second kappa shape index (κ2) is 6.36. The van der Waals surface area contributed by atoms with Crippen LogP contribution in [0, 0.1) is 5.41 Å². The van der Waals surface area contributed by atoms with Gasteiger partial charge in [-0.2, -0.15) is 0 Å². The van der Waals surface area contributed by atoms with Crippen LogP contribution in [-0.2, 0) is 4.79 Å². The molecular weight excluding hydrogens is 214 g/mol. The van der Waals surface area contributed by atoms with Crippen LogP contribution < -0.4 is 11.3 Å².